The highest BCUT2D eigenvalue weighted by Gasteiger charge is 2.20. The second-order valence-electron chi connectivity index (χ2n) is 6.96. The van der Waals surface area contributed by atoms with Crippen molar-refractivity contribution in [1.82, 2.24) is 4.98 Å². The molecular formula is C23H22FN. The smallest absolute Gasteiger partial charge is 0.126 e. The van der Waals surface area contributed by atoms with Gasteiger partial charge in [0.2, 0.25) is 0 Å². The molecule has 0 saturated heterocycles. The predicted molar refractivity (Wildman–Crippen MR) is 101 cm³/mol. The minimum Gasteiger partial charge on any atom is -0.256 e. The zero-order valence-electron chi connectivity index (χ0n) is 14.5. The predicted octanol–water partition coefficient (Wildman–Crippen LogP) is 6.52. The van der Waals surface area contributed by atoms with E-state index in [1.54, 1.807) is 6.07 Å². The third kappa shape index (κ3) is 3.21. The first-order valence-corrected chi connectivity index (χ1v) is 9.04. The topological polar surface area (TPSA) is 12.9 Å². The van der Waals surface area contributed by atoms with Gasteiger partial charge in [-0.3, -0.25) is 4.98 Å². The Bertz CT molecular complexity index is 894. The maximum atomic E-state index is 14.3. The average Bonchev–Trinajstić information content (AvgIpc) is 3.17. The fourth-order valence-corrected chi connectivity index (χ4v) is 3.89. The molecule has 0 bridgehead atoms. The first-order valence-electron chi connectivity index (χ1n) is 9.04. The van der Waals surface area contributed by atoms with E-state index in [4.69, 9.17) is 0 Å². The summed E-state index contributed by atoms with van der Waals surface area (Å²) in [5.41, 5.74) is 6.35. The molecule has 126 valence electrons. The van der Waals surface area contributed by atoms with Crippen LogP contribution in [0.1, 0.15) is 42.7 Å². The van der Waals surface area contributed by atoms with Crippen LogP contribution < -0.4 is 0 Å². The molecule has 0 spiro atoms. The second-order valence-corrected chi connectivity index (χ2v) is 6.96. The second kappa shape index (κ2) is 6.79. The molecule has 0 N–H and O–H groups in total. The average molecular weight is 331 g/mol. The largest absolute Gasteiger partial charge is 0.256 e. The maximum absolute atomic E-state index is 14.3. The van der Waals surface area contributed by atoms with Crippen molar-refractivity contribution in [2.75, 3.05) is 0 Å². The Morgan fingerprint density at radius 1 is 0.920 bits per heavy atom. The first kappa shape index (κ1) is 16.0. The molecular weight excluding hydrogens is 309 g/mol. The van der Waals surface area contributed by atoms with Gasteiger partial charge in [-0.2, -0.15) is 0 Å². The van der Waals surface area contributed by atoms with E-state index in [9.17, 15) is 4.39 Å². The van der Waals surface area contributed by atoms with Crippen LogP contribution >= 0.6 is 0 Å². The van der Waals surface area contributed by atoms with Crippen LogP contribution in [0.4, 0.5) is 4.39 Å². The minimum absolute atomic E-state index is 0.0659. The van der Waals surface area contributed by atoms with Crippen LogP contribution in [-0.4, -0.2) is 4.98 Å². The molecule has 1 aliphatic carbocycles. The van der Waals surface area contributed by atoms with Gasteiger partial charge in [0.25, 0.3) is 0 Å². The van der Waals surface area contributed by atoms with Gasteiger partial charge in [-0.25, -0.2) is 4.39 Å². The van der Waals surface area contributed by atoms with Crippen molar-refractivity contribution in [3.05, 3.63) is 77.7 Å². The summed E-state index contributed by atoms with van der Waals surface area (Å²) < 4.78 is 14.3. The van der Waals surface area contributed by atoms with Gasteiger partial charge in [-0.1, -0.05) is 43.2 Å². The third-order valence-corrected chi connectivity index (χ3v) is 5.31. The molecule has 0 radical (unpaired) electrons. The molecule has 1 saturated carbocycles. The van der Waals surface area contributed by atoms with Crippen LogP contribution in [0, 0.1) is 12.7 Å². The Labute approximate surface area is 148 Å². The Morgan fingerprint density at radius 3 is 2.48 bits per heavy atom. The summed E-state index contributed by atoms with van der Waals surface area (Å²) in [6.07, 6.45) is 6.47. The fourth-order valence-electron chi connectivity index (χ4n) is 3.89. The summed E-state index contributed by atoms with van der Waals surface area (Å²) in [5, 5.41) is 0. The third-order valence-electron chi connectivity index (χ3n) is 5.31. The Kier molecular flexibility index (Phi) is 4.35. The lowest BCUT2D eigenvalue weighted by molar-refractivity contribution is 0.580. The van der Waals surface area contributed by atoms with E-state index < -0.39 is 0 Å². The standard InChI is InChI=1S/C23H22FN/c1-16-6-2-5-9-20(16)23-15-19(12-13-25-23)18-10-11-22(24)21(14-18)17-7-3-4-8-17/h2,5-6,9-15,17H,3-4,7-8H2,1H3. The molecule has 1 aromatic heterocycles. The van der Waals surface area contributed by atoms with Gasteiger partial charge in [0.15, 0.2) is 0 Å². The number of benzene rings is 2. The lowest BCUT2D eigenvalue weighted by atomic mass is 9.93. The molecule has 2 aromatic carbocycles. The van der Waals surface area contributed by atoms with Crippen molar-refractivity contribution in [1.29, 1.82) is 0 Å². The number of halogens is 1. The van der Waals surface area contributed by atoms with Gasteiger partial charge >= 0.3 is 0 Å². The number of nitrogens with zero attached hydrogens (tertiary/aromatic N) is 1. The van der Waals surface area contributed by atoms with Crippen LogP contribution in [0.15, 0.2) is 60.8 Å². The summed E-state index contributed by atoms with van der Waals surface area (Å²) in [6, 6.07) is 17.9. The van der Waals surface area contributed by atoms with Crippen LogP contribution in [0.2, 0.25) is 0 Å². The summed E-state index contributed by atoms with van der Waals surface area (Å²) in [5.74, 6) is 0.307. The Hall–Kier alpha value is -2.48. The van der Waals surface area contributed by atoms with Crippen molar-refractivity contribution < 1.29 is 4.39 Å². The van der Waals surface area contributed by atoms with Crippen molar-refractivity contribution >= 4 is 0 Å². The van der Waals surface area contributed by atoms with Crippen molar-refractivity contribution in [2.45, 2.75) is 38.5 Å². The molecule has 0 amide bonds. The van der Waals surface area contributed by atoms with Crippen molar-refractivity contribution in [3.63, 3.8) is 0 Å². The monoisotopic (exact) mass is 331 g/mol. The lowest BCUT2D eigenvalue weighted by Gasteiger charge is -2.13. The number of hydrogen-bond donors (Lipinski definition) is 0. The van der Waals surface area contributed by atoms with Crippen molar-refractivity contribution in [2.24, 2.45) is 0 Å². The van der Waals surface area contributed by atoms with Gasteiger partial charge in [0, 0.05) is 11.8 Å². The number of pyridine rings is 1. The highest BCUT2D eigenvalue weighted by molar-refractivity contribution is 5.72. The Morgan fingerprint density at radius 2 is 1.68 bits per heavy atom. The van der Waals surface area contributed by atoms with Crippen LogP contribution in [-0.2, 0) is 0 Å². The van der Waals surface area contributed by atoms with Gasteiger partial charge in [-0.05, 0) is 72.2 Å². The highest BCUT2D eigenvalue weighted by atomic mass is 19.1. The van der Waals surface area contributed by atoms with Gasteiger partial charge in [0.05, 0.1) is 5.69 Å². The normalized spacial score (nSPS) is 14.8. The number of hydrogen-bond acceptors (Lipinski definition) is 1. The van der Waals surface area contributed by atoms with E-state index in [0.29, 0.717) is 5.92 Å². The molecule has 1 fully saturated rings. The summed E-state index contributed by atoms with van der Waals surface area (Å²) in [7, 11) is 0. The molecule has 3 aromatic rings. The molecule has 1 aliphatic rings. The summed E-state index contributed by atoms with van der Waals surface area (Å²) in [4.78, 5) is 4.54. The van der Waals surface area contributed by atoms with E-state index in [-0.39, 0.29) is 5.82 Å². The van der Waals surface area contributed by atoms with Crippen molar-refractivity contribution in [3.8, 4) is 22.4 Å². The molecule has 1 heterocycles. The molecule has 4 rings (SSSR count). The summed E-state index contributed by atoms with van der Waals surface area (Å²) in [6.45, 7) is 2.10. The molecule has 25 heavy (non-hydrogen) atoms. The van der Waals surface area contributed by atoms with E-state index in [1.165, 1.54) is 18.4 Å². The quantitative estimate of drug-likeness (QED) is 0.532. The van der Waals surface area contributed by atoms with Crippen LogP contribution in [0.25, 0.3) is 22.4 Å². The molecule has 0 atom stereocenters. The molecule has 0 aliphatic heterocycles. The fraction of sp³-hybridized carbons (Fsp3) is 0.261. The van der Waals surface area contributed by atoms with Gasteiger partial charge in [0.1, 0.15) is 5.82 Å². The zero-order valence-corrected chi connectivity index (χ0v) is 14.5. The maximum Gasteiger partial charge on any atom is 0.126 e. The lowest BCUT2D eigenvalue weighted by Crippen LogP contribution is -1.97. The van der Waals surface area contributed by atoms with E-state index >= 15 is 0 Å². The summed E-state index contributed by atoms with van der Waals surface area (Å²) >= 11 is 0. The molecule has 1 nitrogen and oxygen atoms in total. The number of aryl methyl sites for hydroxylation is 1. The van der Waals surface area contributed by atoms with E-state index in [2.05, 4.69) is 30.1 Å². The molecule has 2 heteroatoms. The number of rotatable bonds is 3. The van der Waals surface area contributed by atoms with Gasteiger partial charge < -0.3 is 0 Å². The van der Waals surface area contributed by atoms with E-state index in [0.717, 1.165) is 40.8 Å². The SMILES string of the molecule is Cc1ccccc1-c1cc(-c2ccc(F)c(C3CCCC3)c2)ccn1. The minimum atomic E-state index is -0.0659. The van der Waals surface area contributed by atoms with Gasteiger partial charge in [-0.15, -0.1) is 0 Å². The zero-order chi connectivity index (χ0) is 17.2. The Balaban J connectivity index is 1.74. The number of aromatic nitrogens is 1. The van der Waals surface area contributed by atoms with E-state index in [1.807, 2.05) is 36.5 Å². The molecule has 0 unspecified atom stereocenters. The first-order chi connectivity index (χ1) is 12.2. The van der Waals surface area contributed by atoms with Crippen LogP contribution in [0.3, 0.4) is 0 Å². The highest BCUT2D eigenvalue weighted by Crippen LogP contribution is 2.37. The van der Waals surface area contributed by atoms with Crippen LogP contribution in [0.5, 0.6) is 0 Å².